The molecular weight excluding hydrogens is 400 g/mol. The van der Waals surface area contributed by atoms with Gasteiger partial charge in [0.1, 0.15) is 4.21 Å². The molecule has 0 unspecified atom stereocenters. The van der Waals surface area contributed by atoms with Crippen molar-refractivity contribution in [2.24, 2.45) is 4.40 Å². The van der Waals surface area contributed by atoms with Gasteiger partial charge in [0.2, 0.25) is 4.80 Å². The van der Waals surface area contributed by atoms with E-state index in [0.29, 0.717) is 10.2 Å². The number of sulfonamides is 1. The van der Waals surface area contributed by atoms with Gasteiger partial charge in [0.15, 0.2) is 9.84 Å². The van der Waals surface area contributed by atoms with Gasteiger partial charge in [0.25, 0.3) is 10.0 Å². The van der Waals surface area contributed by atoms with Crippen LogP contribution in [0.25, 0.3) is 10.2 Å². The van der Waals surface area contributed by atoms with Crippen LogP contribution in [0.15, 0.2) is 49.2 Å². The average molecular weight is 413 g/mol. The van der Waals surface area contributed by atoms with Crippen LogP contribution in [0.5, 0.6) is 0 Å². The van der Waals surface area contributed by atoms with E-state index in [4.69, 9.17) is 6.42 Å². The molecule has 3 aromatic rings. The Bertz CT molecular complexity index is 1260. The van der Waals surface area contributed by atoms with Gasteiger partial charge in [0.05, 0.1) is 21.7 Å². The maximum Gasteiger partial charge on any atom is 0.294 e. The second-order valence-electron chi connectivity index (χ2n) is 5.08. The SMILES string of the molecule is C#CCn1c(=NS(=O)(=O)c2cccs2)sc2cc(S(C)(=O)=O)ccc21. The summed E-state index contributed by atoms with van der Waals surface area (Å²) < 4.78 is 54.5. The minimum atomic E-state index is -3.85. The molecule has 0 aliphatic carbocycles. The summed E-state index contributed by atoms with van der Waals surface area (Å²) in [4.78, 5) is 0.355. The summed E-state index contributed by atoms with van der Waals surface area (Å²) in [6.45, 7) is 0.122. The van der Waals surface area contributed by atoms with Crippen LogP contribution in [0.2, 0.25) is 0 Å². The first-order valence-corrected chi connectivity index (χ1v) is 11.9. The van der Waals surface area contributed by atoms with Crippen LogP contribution in [-0.4, -0.2) is 27.7 Å². The Labute approximate surface area is 153 Å². The highest BCUT2D eigenvalue weighted by molar-refractivity contribution is 7.92. The normalized spacial score (nSPS) is 13.2. The van der Waals surface area contributed by atoms with Crippen LogP contribution >= 0.6 is 22.7 Å². The summed E-state index contributed by atoms with van der Waals surface area (Å²) in [5, 5.41) is 1.65. The highest BCUT2D eigenvalue weighted by Crippen LogP contribution is 2.23. The van der Waals surface area contributed by atoms with Crippen molar-refractivity contribution >= 4 is 52.8 Å². The molecule has 0 amide bonds. The molecule has 2 heterocycles. The zero-order chi connectivity index (χ0) is 18.2. The van der Waals surface area contributed by atoms with Gasteiger partial charge in [-0.2, -0.15) is 8.42 Å². The van der Waals surface area contributed by atoms with Gasteiger partial charge in [-0.25, -0.2) is 8.42 Å². The number of sulfone groups is 1. The van der Waals surface area contributed by atoms with E-state index in [0.717, 1.165) is 28.9 Å². The lowest BCUT2D eigenvalue weighted by Gasteiger charge is -2.01. The van der Waals surface area contributed by atoms with Crippen molar-refractivity contribution in [3.8, 4) is 12.3 Å². The number of fused-ring (bicyclic) bond motifs is 1. The lowest BCUT2D eigenvalue weighted by molar-refractivity contribution is 0.597. The fourth-order valence-corrected chi connectivity index (χ4v) is 6.12. The Morgan fingerprint density at radius 2 is 2.00 bits per heavy atom. The van der Waals surface area contributed by atoms with Crippen molar-refractivity contribution in [3.63, 3.8) is 0 Å². The van der Waals surface area contributed by atoms with Gasteiger partial charge >= 0.3 is 0 Å². The van der Waals surface area contributed by atoms with Crippen molar-refractivity contribution < 1.29 is 16.8 Å². The zero-order valence-corrected chi connectivity index (χ0v) is 16.2. The molecule has 10 heteroatoms. The fourth-order valence-electron chi connectivity index (χ4n) is 2.16. The number of benzene rings is 1. The van der Waals surface area contributed by atoms with Gasteiger partial charge in [0, 0.05) is 6.26 Å². The minimum absolute atomic E-state index is 0.122. The summed E-state index contributed by atoms with van der Waals surface area (Å²) in [5.74, 6) is 2.47. The number of thiazole rings is 1. The van der Waals surface area contributed by atoms with Gasteiger partial charge in [-0.15, -0.1) is 22.2 Å². The molecule has 0 bridgehead atoms. The molecule has 0 aliphatic rings. The lowest BCUT2D eigenvalue weighted by Crippen LogP contribution is -2.16. The van der Waals surface area contributed by atoms with E-state index in [1.54, 1.807) is 22.1 Å². The second-order valence-corrected chi connectivity index (χ2v) is 10.9. The molecule has 0 saturated heterocycles. The molecule has 0 saturated carbocycles. The number of hydrogen-bond acceptors (Lipinski definition) is 6. The summed E-state index contributed by atoms with van der Waals surface area (Å²) >= 11 is 2.16. The molecule has 1 aromatic carbocycles. The van der Waals surface area contributed by atoms with Crippen molar-refractivity contribution in [1.82, 2.24) is 4.57 Å². The Kier molecular flexibility index (Phi) is 4.59. The van der Waals surface area contributed by atoms with Crippen LogP contribution in [0.3, 0.4) is 0 Å². The Hall–Kier alpha value is -1.93. The van der Waals surface area contributed by atoms with Crippen LogP contribution in [-0.2, 0) is 26.4 Å². The summed E-state index contributed by atoms with van der Waals surface area (Å²) in [5.41, 5.74) is 0.635. The summed E-state index contributed by atoms with van der Waals surface area (Å²) in [6.07, 6.45) is 6.50. The average Bonchev–Trinajstić information content (AvgIpc) is 3.15. The van der Waals surface area contributed by atoms with Gasteiger partial charge in [-0.3, -0.25) is 0 Å². The first-order chi connectivity index (χ1) is 11.7. The zero-order valence-electron chi connectivity index (χ0n) is 12.9. The molecule has 0 spiro atoms. The molecule has 0 aliphatic heterocycles. The molecule has 0 atom stereocenters. The Morgan fingerprint density at radius 1 is 1.24 bits per heavy atom. The monoisotopic (exact) mass is 412 g/mol. The quantitative estimate of drug-likeness (QED) is 0.614. The molecule has 0 fully saturated rings. The summed E-state index contributed by atoms with van der Waals surface area (Å²) in [6, 6.07) is 7.68. The smallest absolute Gasteiger partial charge is 0.294 e. The van der Waals surface area contributed by atoms with Crippen LogP contribution < -0.4 is 4.80 Å². The number of hydrogen-bond donors (Lipinski definition) is 0. The number of rotatable bonds is 4. The molecule has 6 nitrogen and oxygen atoms in total. The number of nitrogens with zero attached hydrogens (tertiary/aromatic N) is 2. The fraction of sp³-hybridized carbons (Fsp3) is 0.133. The molecule has 0 radical (unpaired) electrons. The van der Waals surface area contributed by atoms with Crippen molar-refractivity contribution in [2.45, 2.75) is 15.6 Å². The predicted molar refractivity (Wildman–Crippen MR) is 98.8 cm³/mol. The number of thiophene rings is 1. The maximum absolute atomic E-state index is 12.4. The van der Waals surface area contributed by atoms with E-state index < -0.39 is 19.9 Å². The van der Waals surface area contributed by atoms with Crippen molar-refractivity contribution in [3.05, 3.63) is 40.5 Å². The highest BCUT2D eigenvalue weighted by Gasteiger charge is 2.16. The predicted octanol–water partition coefficient (Wildman–Crippen LogP) is 2.09. The lowest BCUT2D eigenvalue weighted by atomic mass is 10.3. The minimum Gasteiger partial charge on any atom is -0.304 e. The van der Waals surface area contributed by atoms with Gasteiger partial charge in [-0.1, -0.05) is 23.3 Å². The number of terminal acetylenes is 1. The third kappa shape index (κ3) is 3.55. The summed E-state index contributed by atoms with van der Waals surface area (Å²) in [7, 11) is -7.22. The van der Waals surface area contributed by atoms with Crippen molar-refractivity contribution in [1.29, 1.82) is 0 Å². The van der Waals surface area contributed by atoms with E-state index in [1.807, 2.05) is 0 Å². The van der Waals surface area contributed by atoms with E-state index in [-0.39, 0.29) is 20.5 Å². The van der Waals surface area contributed by atoms with Gasteiger partial charge < -0.3 is 4.57 Å². The van der Waals surface area contributed by atoms with E-state index in [1.165, 1.54) is 18.2 Å². The second kappa shape index (κ2) is 6.42. The molecule has 3 rings (SSSR count). The first-order valence-electron chi connectivity index (χ1n) is 6.84. The van der Waals surface area contributed by atoms with E-state index >= 15 is 0 Å². The van der Waals surface area contributed by atoms with Crippen LogP contribution in [0.4, 0.5) is 0 Å². The third-order valence-electron chi connectivity index (χ3n) is 3.28. The molecule has 0 N–H and O–H groups in total. The van der Waals surface area contributed by atoms with Crippen molar-refractivity contribution in [2.75, 3.05) is 6.26 Å². The standard InChI is InChI=1S/C15H12N2O4S4/c1-3-8-17-12-7-6-11(24(2,18)19)10-13(12)23-15(17)16-25(20,21)14-5-4-9-22-14/h1,4-7,9-10H,8H2,2H3. The Morgan fingerprint density at radius 3 is 2.60 bits per heavy atom. The van der Waals surface area contributed by atoms with E-state index in [9.17, 15) is 16.8 Å². The maximum atomic E-state index is 12.4. The molecule has 25 heavy (non-hydrogen) atoms. The van der Waals surface area contributed by atoms with Crippen LogP contribution in [0, 0.1) is 12.3 Å². The number of aromatic nitrogens is 1. The topological polar surface area (TPSA) is 85.6 Å². The van der Waals surface area contributed by atoms with E-state index in [2.05, 4.69) is 10.3 Å². The third-order valence-corrected chi connectivity index (χ3v) is 8.19. The van der Waals surface area contributed by atoms with Gasteiger partial charge in [-0.05, 0) is 29.6 Å². The molecule has 130 valence electrons. The highest BCUT2D eigenvalue weighted by atomic mass is 32.2. The van der Waals surface area contributed by atoms with Crippen LogP contribution in [0.1, 0.15) is 0 Å². The Balaban J connectivity index is 2.30. The first kappa shape index (κ1) is 17.9. The molecule has 2 aromatic heterocycles. The largest absolute Gasteiger partial charge is 0.304 e. The molecular formula is C15H12N2O4S4.